The fraction of sp³-hybridized carbons (Fsp3) is 0.474. The van der Waals surface area contributed by atoms with Gasteiger partial charge in [0.15, 0.2) is 0 Å². The minimum Gasteiger partial charge on any atom is -0.450 e. The standard InChI is InChI=1S/C19H25N5O3S/c1-4-27-19(26)24-9-7-23(8-10-24)17(25)12-16-21-22-18(28-16)20-15-11-13(2)5-6-14(15)3/h5-6,11H,4,7-10,12H2,1-3H3,(H,20,22). The van der Waals surface area contributed by atoms with Gasteiger partial charge in [-0.25, -0.2) is 4.79 Å². The van der Waals surface area contributed by atoms with Gasteiger partial charge in [0.1, 0.15) is 5.01 Å². The number of hydrogen-bond acceptors (Lipinski definition) is 7. The predicted octanol–water partition coefficient (Wildman–Crippen LogP) is 2.74. The third kappa shape index (κ3) is 4.98. The van der Waals surface area contributed by atoms with E-state index in [0.717, 1.165) is 16.8 Å². The number of anilines is 2. The quantitative estimate of drug-likeness (QED) is 0.826. The van der Waals surface area contributed by atoms with Crippen LogP contribution in [0, 0.1) is 13.8 Å². The molecule has 1 fully saturated rings. The van der Waals surface area contributed by atoms with Crippen molar-refractivity contribution in [3.8, 4) is 0 Å². The summed E-state index contributed by atoms with van der Waals surface area (Å²) in [6, 6.07) is 6.18. The van der Waals surface area contributed by atoms with Gasteiger partial charge in [-0.05, 0) is 38.0 Å². The average molecular weight is 404 g/mol. The van der Waals surface area contributed by atoms with E-state index in [4.69, 9.17) is 4.74 Å². The Hall–Kier alpha value is -2.68. The molecule has 1 aromatic heterocycles. The first-order valence-electron chi connectivity index (χ1n) is 9.32. The maximum Gasteiger partial charge on any atom is 0.409 e. The molecule has 0 spiro atoms. The van der Waals surface area contributed by atoms with Gasteiger partial charge >= 0.3 is 6.09 Å². The van der Waals surface area contributed by atoms with Crippen LogP contribution in [0.5, 0.6) is 0 Å². The molecular weight excluding hydrogens is 378 g/mol. The van der Waals surface area contributed by atoms with Gasteiger partial charge in [-0.15, -0.1) is 10.2 Å². The smallest absolute Gasteiger partial charge is 0.409 e. The number of benzene rings is 1. The van der Waals surface area contributed by atoms with E-state index in [-0.39, 0.29) is 18.4 Å². The van der Waals surface area contributed by atoms with Crippen LogP contribution in [0.4, 0.5) is 15.6 Å². The van der Waals surface area contributed by atoms with Crippen molar-refractivity contribution in [1.82, 2.24) is 20.0 Å². The fourth-order valence-corrected chi connectivity index (χ4v) is 3.70. The summed E-state index contributed by atoms with van der Waals surface area (Å²) in [7, 11) is 0. The van der Waals surface area contributed by atoms with Crippen molar-refractivity contribution in [3.05, 3.63) is 34.3 Å². The van der Waals surface area contributed by atoms with Gasteiger partial charge in [0.2, 0.25) is 11.0 Å². The number of amides is 2. The molecule has 0 bridgehead atoms. The Balaban J connectivity index is 1.53. The molecule has 1 N–H and O–H groups in total. The van der Waals surface area contributed by atoms with E-state index in [2.05, 4.69) is 33.7 Å². The summed E-state index contributed by atoms with van der Waals surface area (Å²) in [6.07, 6.45) is -0.105. The highest BCUT2D eigenvalue weighted by Gasteiger charge is 2.25. The van der Waals surface area contributed by atoms with E-state index in [9.17, 15) is 9.59 Å². The molecule has 1 aliphatic heterocycles. The summed E-state index contributed by atoms with van der Waals surface area (Å²) in [4.78, 5) is 27.7. The van der Waals surface area contributed by atoms with Gasteiger partial charge in [-0.3, -0.25) is 4.79 Å². The fourth-order valence-electron chi connectivity index (χ4n) is 2.96. The molecule has 0 saturated carbocycles. The third-order valence-corrected chi connectivity index (χ3v) is 5.40. The largest absolute Gasteiger partial charge is 0.450 e. The molecule has 8 nitrogen and oxygen atoms in total. The van der Waals surface area contributed by atoms with Gasteiger partial charge in [0, 0.05) is 31.9 Å². The van der Waals surface area contributed by atoms with Crippen molar-refractivity contribution in [2.75, 3.05) is 38.1 Å². The lowest BCUT2D eigenvalue weighted by Crippen LogP contribution is -2.51. The van der Waals surface area contributed by atoms with Gasteiger partial charge in [-0.2, -0.15) is 0 Å². The van der Waals surface area contributed by atoms with E-state index < -0.39 is 0 Å². The van der Waals surface area contributed by atoms with Gasteiger partial charge < -0.3 is 19.9 Å². The molecule has 3 rings (SSSR count). The Morgan fingerprint density at radius 1 is 1.14 bits per heavy atom. The molecule has 9 heteroatoms. The number of rotatable bonds is 5. The molecule has 0 atom stereocenters. The molecule has 1 saturated heterocycles. The maximum atomic E-state index is 12.5. The third-order valence-electron chi connectivity index (χ3n) is 4.56. The molecular formula is C19H25N5O3S. The first-order chi connectivity index (χ1) is 13.5. The first kappa shape index (κ1) is 20.1. The summed E-state index contributed by atoms with van der Waals surface area (Å²) < 4.78 is 5.00. The Morgan fingerprint density at radius 2 is 1.86 bits per heavy atom. The minimum absolute atomic E-state index is 0.00190. The van der Waals surface area contributed by atoms with E-state index in [1.165, 1.54) is 11.3 Å². The Bertz CT molecular complexity index is 846. The van der Waals surface area contributed by atoms with Crippen LogP contribution in [0.3, 0.4) is 0 Å². The van der Waals surface area contributed by atoms with Crippen molar-refractivity contribution in [2.45, 2.75) is 27.2 Å². The zero-order valence-corrected chi connectivity index (χ0v) is 17.2. The first-order valence-corrected chi connectivity index (χ1v) is 10.1. The number of ether oxygens (including phenoxy) is 1. The monoisotopic (exact) mass is 403 g/mol. The number of nitrogens with one attached hydrogen (secondary N) is 1. The van der Waals surface area contributed by atoms with Crippen LogP contribution in [0.1, 0.15) is 23.1 Å². The molecule has 1 aromatic carbocycles. The summed E-state index contributed by atoms with van der Waals surface area (Å²) in [5.41, 5.74) is 3.27. The molecule has 2 amide bonds. The molecule has 2 heterocycles. The second-order valence-corrected chi connectivity index (χ2v) is 7.75. The topological polar surface area (TPSA) is 87.7 Å². The lowest BCUT2D eigenvalue weighted by molar-refractivity contribution is -0.132. The molecule has 0 radical (unpaired) electrons. The minimum atomic E-state index is -0.319. The number of nitrogens with zero attached hydrogens (tertiary/aromatic N) is 4. The molecule has 28 heavy (non-hydrogen) atoms. The van der Waals surface area contributed by atoms with Crippen molar-refractivity contribution in [3.63, 3.8) is 0 Å². The zero-order valence-electron chi connectivity index (χ0n) is 16.4. The number of carbonyl (C=O) groups excluding carboxylic acids is 2. The van der Waals surface area contributed by atoms with Crippen LogP contribution in [-0.2, 0) is 16.0 Å². The molecule has 0 unspecified atom stereocenters. The number of aryl methyl sites for hydroxylation is 2. The van der Waals surface area contributed by atoms with Crippen LogP contribution in [-0.4, -0.2) is 64.8 Å². The zero-order chi connectivity index (χ0) is 20.1. The molecule has 2 aromatic rings. The second-order valence-electron chi connectivity index (χ2n) is 6.69. The van der Waals surface area contributed by atoms with Crippen molar-refractivity contribution >= 4 is 34.2 Å². The summed E-state index contributed by atoms with van der Waals surface area (Å²) in [5, 5.41) is 12.9. The lowest BCUT2D eigenvalue weighted by atomic mass is 10.1. The SMILES string of the molecule is CCOC(=O)N1CCN(C(=O)Cc2nnc(Nc3cc(C)ccc3C)s2)CC1. The predicted molar refractivity (Wildman–Crippen MR) is 108 cm³/mol. The van der Waals surface area contributed by atoms with Crippen LogP contribution >= 0.6 is 11.3 Å². The Kier molecular flexibility index (Phi) is 6.45. The van der Waals surface area contributed by atoms with Crippen LogP contribution in [0.25, 0.3) is 0 Å². The van der Waals surface area contributed by atoms with Crippen LogP contribution in [0.15, 0.2) is 18.2 Å². The molecule has 150 valence electrons. The Labute approximate surface area is 168 Å². The highest BCUT2D eigenvalue weighted by molar-refractivity contribution is 7.15. The molecule has 0 aliphatic carbocycles. The van der Waals surface area contributed by atoms with Crippen LogP contribution < -0.4 is 5.32 Å². The van der Waals surface area contributed by atoms with Crippen molar-refractivity contribution in [1.29, 1.82) is 0 Å². The van der Waals surface area contributed by atoms with E-state index in [0.29, 0.717) is 42.9 Å². The Morgan fingerprint density at radius 3 is 2.57 bits per heavy atom. The average Bonchev–Trinajstić information content (AvgIpc) is 3.12. The molecule has 1 aliphatic rings. The number of piperazine rings is 1. The van der Waals surface area contributed by atoms with E-state index in [1.54, 1.807) is 16.7 Å². The number of aromatic nitrogens is 2. The second kappa shape index (κ2) is 9.01. The van der Waals surface area contributed by atoms with Gasteiger partial charge in [0.05, 0.1) is 13.0 Å². The lowest BCUT2D eigenvalue weighted by Gasteiger charge is -2.33. The van der Waals surface area contributed by atoms with Gasteiger partial charge in [-0.1, -0.05) is 23.5 Å². The van der Waals surface area contributed by atoms with E-state index in [1.807, 2.05) is 13.8 Å². The normalized spacial score (nSPS) is 14.1. The van der Waals surface area contributed by atoms with Gasteiger partial charge in [0.25, 0.3) is 0 Å². The highest BCUT2D eigenvalue weighted by Crippen LogP contribution is 2.24. The summed E-state index contributed by atoms with van der Waals surface area (Å²) >= 11 is 1.38. The summed E-state index contributed by atoms with van der Waals surface area (Å²) in [6.45, 7) is 8.19. The summed E-state index contributed by atoms with van der Waals surface area (Å²) in [5.74, 6) is -0.00190. The maximum absolute atomic E-state index is 12.5. The highest BCUT2D eigenvalue weighted by atomic mass is 32.1. The van der Waals surface area contributed by atoms with E-state index >= 15 is 0 Å². The number of carbonyl (C=O) groups is 2. The van der Waals surface area contributed by atoms with Crippen molar-refractivity contribution < 1.29 is 14.3 Å². The van der Waals surface area contributed by atoms with Crippen LogP contribution in [0.2, 0.25) is 0 Å². The van der Waals surface area contributed by atoms with Crippen molar-refractivity contribution in [2.24, 2.45) is 0 Å². The number of hydrogen-bond donors (Lipinski definition) is 1.